The van der Waals surface area contributed by atoms with Crippen molar-refractivity contribution in [1.82, 2.24) is 5.50 Å². The molecule has 11 heteroatoms. The molecule has 0 aromatic heterocycles. The van der Waals surface area contributed by atoms with Gasteiger partial charge in [0.1, 0.15) is 0 Å². The van der Waals surface area contributed by atoms with Gasteiger partial charge in [-0.15, -0.1) is 5.50 Å². The molecule has 0 fully saturated rings. The highest BCUT2D eigenvalue weighted by atomic mass is 31.2. The molecular weight excluding hydrogens is 357 g/mol. The summed E-state index contributed by atoms with van der Waals surface area (Å²) in [6.45, 7) is 6.71. The molecule has 0 aliphatic carbocycles. The molecule has 0 aliphatic rings. The normalized spacial score (nSPS) is 15.6. The number of rotatable bonds is 12. The molecule has 0 rings (SSSR count). The number of nitrogens with one attached hydrogen (secondary N) is 1. The van der Waals surface area contributed by atoms with E-state index in [1.165, 1.54) is 13.8 Å². The lowest BCUT2D eigenvalue weighted by Gasteiger charge is -2.20. The minimum atomic E-state index is -4.40. The number of carbonyl (C=O) groups is 2. The van der Waals surface area contributed by atoms with E-state index in [9.17, 15) is 14.2 Å². The standard InChI is InChI=1S/C14H27NO9P/c1-5-7-9-19-13(16)21-11(3)23-25(15,18)24-12(4)22-14(17)20-10-8-6-2/h11-12,15H,5-10H2,1-4H3. The molecular formula is C14H27NO9P. The summed E-state index contributed by atoms with van der Waals surface area (Å²) in [7, 11) is -4.40. The van der Waals surface area contributed by atoms with E-state index in [4.69, 9.17) is 24.0 Å². The third-order valence-corrected chi connectivity index (χ3v) is 3.68. The van der Waals surface area contributed by atoms with Crippen LogP contribution in [0.5, 0.6) is 0 Å². The van der Waals surface area contributed by atoms with Gasteiger partial charge >= 0.3 is 20.1 Å². The Morgan fingerprint density at radius 2 is 1.24 bits per heavy atom. The summed E-state index contributed by atoms with van der Waals surface area (Å²) in [5, 5.41) is 0. The Hall–Kier alpha value is -1.35. The summed E-state index contributed by atoms with van der Waals surface area (Å²) < 4.78 is 40.1. The van der Waals surface area contributed by atoms with Crippen LogP contribution in [0.2, 0.25) is 0 Å². The first-order valence-corrected chi connectivity index (χ1v) is 9.63. The summed E-state index contributed by atoms with van der Waals surface area (Å²) in [4.78, 5) is 22.6. The molecule has 0 spiro atoms. The maximum atomic E-state index is 11.9. The van der Waals surface area contributed by atoms with Crippen LogP contribution in [0.4, 0.5) is 9.59 Å². The van der Waals surface area contributed by atoms with Gasteiger partial charge in [-0.25, -0.2) is 14.2 Å². The maximum absolute atomic E-state index is 11.9. The van der Waals surface area contributed by atoms with Gasteiger partial charge in [0.05, 0.1) is 13.2 Å². The zero-order valence-electron chi connectivity index (χ0n) is 15.0. The molecule has 2 unspecified atom stereocenters. The van der Waals surface area contributed by atoms with Crippen LogP contribution >= 0.6 is 7.75 Å². The molecule has 0 heterocycles. The van der Waals surface area contributed by atoms with Crippen molar-refractivity contribution in [3.63, 3.8) is 0 Å². The van der Waals surface area contributed by atoms with Gasteiger partial charge in [-0.1, -0.05) is 26.7 Å². The van der Waals surface area contributed by atoms with Crippen molar-refractivity contribution in [2.75, 3.05) is 13.2 Å². The molecule has 0 saturated heterocycles. The Morgan fingerprint density at radius 3 is 1.56 bits per heavy atom. The lowest BCUT2D eigenvalue weighted by molar-refractivity contribution is -0.0862. The zero-order chi connectivity index (χ0) is 19.3. The van der Waals surface area contributed by atoms with Crippen molar-refractivity contribution in [2.24, 2.45) is 0 Å². The van der Waals surface area contributed by atoms with Gasteiger partial charge in [0, 0.05) is 0 Å². The number of hydrogen-bond acceptors (Lipinski definition) is 9. The summed E-state index contributed by atoms with van der Waals surface area (Å²) in [6.07, 6.45) is -1.68. The van der Waals surface area contributed by atoms with Crippen molar-refractivity contribution in [2.45, 2.75) is 66.0 Å². The average molecular weight is 384 g/mol. The lowest BCUT2D eigenvalue weighted by atomic mass is 10.4. The topological polar surface area (TPSA) is 130 Å². The van der Waals surface area contributed by atoms with E-state index in [0.717, 1.165) is 12.8 Å². The number of ether oxygens (including phenoxy) is 4. The highest BCUT2D eigenvalue weighted by Crippen LogP contribution is 2.45. The fraction of sp³-hybridized carbons (Fsp3) is 0.857. The second-order valence-electron chi connectivity index (χ2n) is 4.98. The molecule has 0 aromatic carbocycles. The van der Waals surface area contributed by atoms with E-state index in [1.807, 2.05) is 13.8 Å². The molecule has 1 radical (unpaired) electrons. The van der Waals surface area contributed by atoms with Crippen LogP contribution in [0.25, 0.3) is 0 Å². The number of unbranched alkanes of at least 4 members (excludes halogenated alkanes) is 2. The summed E-state index contributed by atoms with van der Waals surface area (Å²) in [6, 6.07) is 0. The predicted octanol–water partition coefficient (Wildman–Crippen LogP) is 4.01. The van der Waals surface area contributed by atoms with Gasteiger partial charge in [0.25, 0.3) is 0 Å². The van der Waals surface area contributed by atoms with Crippen LogP contribution in [0, 0.1) is 0 Å². The second-order valence-corrected chi connectivity index (χ2v) is 6.40. The predicted molar refractivity (Wildman–Crippen MR) is 86.5 cm³/mol. The largest absolute Gasteiger partial charge is 0.510 e. The molecule has 147 valence electrons. The molecule has 25 heavy (non-hydrogen) atoms. The van der Waals surface area contributed by atoms with Crippen molar-refractivity contribution in [3.05, 3.63) is 0 Å². The Morgan fingerprint density at radius 1 is 0.880 bits per heavy atom. The van der Waals surface area contributed by atoms with Crippen LogP contribution in [-0.4, -0.2) is 38.1 Å². The SMILES string of the molecule is CCCCOC(=O)OC(C)OP([NH])(=O)OC(C)OC(=O)OCCCC. The van der Waals surface area contributed by atoms with Crippen molar-refractivity contribution in [3.8, 4) is 0 Å². The highest BCUT2D eigenvalue weighted by Gasteiger charge is 2.29. The number of hydrogen-bond donors (Lipinski definition) is 0. The van der Waals surface area contributed by atoms with Gasteiger partial charge in [-0.05, 0) is 26.7 Å². The molecule has 1 N–H and O–H groups in total. The quantitative estimate of drug-likeness (QED) is 0.212. The minimum absolute atomic E-state index is 0.183. The van der Waals surface area contributed by atoms with Gasteiger partial charge in [0.15, 0.2) is 0 Å². The van der Waals surface area contributed by atoms with Gasteiger partial charge < -0.3 is 18.9 Å². The van der Waals surface area contributed by atoms with E-state index < -0.39 is 32.6 Å². The fourth-order valence-electron chi connectivity index (χ4n) is 1.40. The second kappa shape index (κ2) is 12.9. The number of carbonyl (C=O) groups excluding carboxylic acids is 2. The monoisotopic (exact) mass is 384 g/mol. The first kappa shape index (κ1) is 23.6. The highest BCUT2D eigenvalue weighted by molar-refractivity contribution is 7.50. The molecule has 0 aliphatic heterocycles. The van der Waals surface area contributed by atoms with E-state index in [2.05, 4.69) is 9.47 Å². The third-order valence-electron chi connectivity index (χ3n) is 2.53. The molecule has 0 saturated carbocycles. The van der Waals surface area contributed by atoms with E-state index >= 15 is 0 Å². The first-order valence-electron chi connectivity index (χ1n) is 8.09. The molecule has 0 bridgehead atoms. The van der Waals surface area contributed by atoms with Crippen LogP contribution in [0.1, 0.15) is 53.4 Å². The van der Waals surface area contributed by atoms with Crippen molar-refractivity contribution in [1.29, 1.82) is 0 Å². The van der Waals surface area contributed by atoms with Gasteiger partial charge in [0.2, 0.25) is 12.6 Å². The first-order chi connectivity index (χ1) is 11.7. The Labute approximate surface area is 147 Å². The summed E-state index contributed by atoms with van der Waals surface area (Å²) >= 11 is 0. The molecule has 10 nitrogen and oxygen atoms in total. The third kappa shape index (κ3) is 13.6. The van der Waals surface area contributed by atoms with E-state index in [-0.39, 0.29) is 13.2 Å². The summed E-state index contributed by atoms with van der Waals surface area (Å²) in [5.74, 6) is 0. The van der Waals surface area contributed by atoms with Crippen LogP contribution in [0.3, 0.4) is 0 Å². The van der Waals surface area contributed by atoms with Crippen LogP contribution in [0.15, 0.2) is 0 Å². The van der Waals surface area contributed by atoms with Crippen molar-refractivity contribution < 1.29 is 42.1 Å². The Kier molecular flexibility index (Phi) is 12.2. The summed E-state index contributed by atoms with van der Waals surface area (Å²) in [5.41, 5.74) is 7.46. The molecule has 0 aromatic rings. The fourth-order valence-corrected chi connectivity index (χ4v) is 2.31. The lowest BCUT2D eigenvalue weighted by Crippen LogP contribution is -2.22. The smallest absolute Gasteiger partial charge is 0.434 e. The maximum Gasteiger partial charge on any atom is 0.510 e. The molecule has 0 amide bonds. The Balaban J connectivity index is 4.17. The van der Waals surface area contributed by atoms with E-state index in [0.29, 0.717) is 12.8 Å². The van der Waals surface area contributed by atoms with Crippen LogP contribution in [-0.2, 0) is 32.6 Å². The molecule has 2 atom stereocenters. The zero-order valence-corrected chi connectivity index (χ0v) is 15.9. The van der Waals surface area contributed by atoms with Gasteiger partial charge in [-0.3, -0.25) is 9.05 Å². The van der Waals surface area contributed by atoms with Crippen LogP contribution < -0.4 is 5.50 Å². The van der Waals surface area contributed by atoms with Gasteiger partial charge in [-0.2, -0.15) is 0 Å². The Bertz CT molecular complexity index is 410. The minimum Gasteiger partial charge on any atom is -0.434 e. The van der Waals surface area contributed by atoms with E-state index in [1.54, 1.807) is 0 Å². The average Bonchev–Trinajstić information content (AvgIpc) is 2.45. The van der Waals surface area contributed by atoms with Crippen molar-refractivity contribution >= 4 is 20.1 Å².